The van der Waals surface area contributed by atoms with Crippen LogP contribution in [0.1, 0.15) is 23.7 Å². The number of Topliss-reactive ketones (excluding diaryl/α,β-unsaturated/α-hetero) is 1. The zero-order valence-electron chi connectivity index (χ0n) is 11.5. The van der Waals surface area contributed by atoms with Crippen molar-refractivity contribution in [2.75, 3.05) is 38.6 Å². The maximum absolute atomic E-state index is 11.2. The predicted octanol–water partition coefficient (Wildman–Crippen LogP) is 2.28. The highest BCUT2D eigenvalue weighted by atomic mass is 16.1. The molecule has 1 saturated heterocycles. The maximum atomic E-state index is 11.2. The average molecular weight is 246 g/mol. The molecule has 1 aromatic rings. The number of benzene rings is 1. The third-order valence-electron chi connectivity index (χ3n) is 3.74. The monoisotopic (exact) mass is 246 g/mol. The average Bonchev–Trinajstić information content (AvgIpc) is 2.75. The second-order valence-electron chi connectivity index (χ2n) is 5.40. The van der Waals surface area contributed by atoms with Gasteiger partial charge in [-0.1, -0.05) is 0 Å². The summed E-state index contributed by atoms with van der Waals surface area (Å²) in [4.78, 5) is 15.9. The molecule has 1 fully saturated rings. The number of rotatable bonds is 4. The van der Waals surface area contributed by atoms with Gasteiger partial charge in [0.25, 0.3) is 0 Å². The van der Waals surface area contributed by atoms with Crippen molar-refractivity contribution in [1.82, 2.24) is 4.90 Å². The Hall–Kier alpha value is -1.35. The number of hydrogen-bond donors (Lipinski definition) is 0. The number of anilines is 1. The lowest BCUT2D eigenvalue weighted by Crippen LogP contribution is -2.27. The van der Waals surface area contributed by atoms with Crippen LogP contribution in [0.2, 0.25) is 0 Å². The van der Waals surface area contributed by atoms with Gasteiger partial charge in [0.05, 0.1) is 0 Å². The second-order valence-corrected chi connectivity index (χ2v) is 5.40. The lowest BCUT2D eigenvalue weighted by molar-refractivity contribution is 0.101. The maximum Gasteiger partial charge on any atom is 0.159 e. The van der Waals surface area contributed by atoms with E-state index in [0.29, 0.717) is 0 Å². The molecule has 1 unspecified atom stereocenters. The molecule has 0 aliphatic carbocycles. The minimum Gasteiger partial charge on any atom is -0.374 e. The van der Waals surface area contributed by atoms with Crippen molar-refractivity contribution in [3.8, 4) is 0 Å². The third-order valence-corrected chi connectivity index (χ3v) is 3.74. The fourth-order valence-corrected chi connectivity index (χ4v) is 2.62. The molecule has 0 saturated carbocycles. The van der Waals surface area contributed by atoms with E-state index in [2.05, 4.69) is 23.9 Å². The van der Waals surface area contributed by atoms with E-state index < -0.39 is 0 Å². The first kappa shape index (κ1) is 13.1. The van der Waals surface area contributed by atoms with Crippen molar-refractivity contribution in [2.45, 2.75) is 13.3 Å². The van der Waals surface area contributed by atoms with Crippen LogP contribution in [0.3, 0.4) is 0 Å². The summed E-state index contributed by atoms with van der Waals surface area (Å²) < 4.78 is 0. The molecule has 1 heterocycles. The van der Waals surface area contributed by atoms with Crippen molar-refractivity contribution < 1.29 is 4.79 Å². The van der Waals surface area contributed by atoms with E-state index in [-0.39, 0.29) is 5.78 Å². The Morgan fingerprint density at radius 2 is 2.06 bits per heavy atom. The Bertz CT molecular complexity index is 413. The van der Waals surface area contributed by atoms with Crippen LogP contribution in [-0.2, 0) is 0 Å². The van der Waals surface area contributed by atoms with Gasteiger partial charge < -0.3 is 9.80 Å². The van der Waals surface area contributed by atoms with Crippen LogP contribution in [0.25, 0.3) is 0 Å². The number of carbonyl (C=O) groups is 1. The number of nitrogens with zero attached hydrogens (tertiary/aromatic N) is 2. The smallest absolute Gasteiger partial charge is 0.159 e. The van der Waals surface area contributed by atoms with Crippen molar-refractivity contribution in [2.24, 2.45) is 5.92 Å². The number of hydrogen-bond acceptors (Lipinski definition) is 3. The van der Waals surface area contributed by atoms with Crippen LogP contribution < -0.4 is 4.90 Å². The molecule has 1 aliphatic heterocycles. The summed E-state index contributed by atoms with van der Waals surface area (Å²) in [5.41, 5.74) is 1.97. The highest BCUT2D eigenvalue weighted by Gasteiger charge is 2.20. The Morgan fingerprint density at radius 3 is 2.56 bits per heavy atom. The molecule has 3 nitrogen and oxygen atoms in total. The fourth-order valence-electron chi connectivity index (χ4n) is 2.62. The Kier molecular flexibility index (Phi) is 4.02. The van der Waals surface area contributed by atoms with Crippen LogP contribution >= 0.6 is 0 Å². The van der Waals surface area contributed by atoms with Crippen molar-refractivity contribution in [3.63, 3.8) is 0 Å². The number of ketones is 1. The molecule has 0 bridgehead atoms. The molecular formula is C15H22N2O. The first-order chi connectivity index (χ1) is 8.56. The summed E-state index contributed by atoms with van der Waals surface area (Å²) in [7, 11) is 4.31. The largest absolute Gasteiger partial charge is 0.374 e. The number of likely N-dealkylation sites (tertiary alicyclic amines) is 1. The molecule has 0 N–H and O–H groups in total. The number of carbonyl (C=O) groups excluding carboxylic acids is 1. The summed E-state index contributed by atoms with van der Waals surface area (Å²) in [5, 5.41) is 0. The van der Waals surface area contributed by atoms with E-state index in [9.17, 15) is 4.79 Å². The van der Waals surface area contributed by atoms with Crippen molar-refractivity contribution >= 4 is 11.5 Å². The highest BCUT2D eigenvalue weighted by Crippen LogP contribution is 2.20. The Morgan fingerprint density at radius 1 is 1.39 bits per heavy atom. The van der Waals surface area contributed by atoms with Gasteiger partial charge in [0.15, 0.2) is 5.78 Å². The van der Waals surface area contributed by atoms with Gasteiger partial charge in [0, 0.05) is 31.4 Å². The van der Waals surface area contributed by atoms with Gasteiger partial charge in [-0.05, 0) is 57.1 Å². The lowest BCUT2D eigenvalue weighted by atomic mass is 10.1. The molecular weight excluding hydrogens is 224 g/mol. The third kappa shape index (κ3) is 3.10. The second kappa shape index (κ2) is 5.53. The standard InChI is InChI=1S/C15H22N2O/c1-12(18)14-4-6-15(7-5-14)17(3)11-13-8-9-16(2)10-13/h4-7,13H,8-11H2,1-3H3. The molecule has 98 valence electrons. The van der Waals surface area contributed by atoms with E-state index in [0.717, 1.165) is 18.0 Å². The molecule has 0 amide bonds. The molecule has 0 aromatic heterocycles. The molecule has 0 radical (unpaired) electrons. The molecule has 1 atom stereocenters. The summed E-state index contributed by atoms with van der Waals surface area (Å²) in [6, 6.07) is 7.90. The van der Waals surface area contributed by atoms with Crippen LogP contribution in [0, 0.1) is 5.92 Å². The van der Waals surface area contributed by atoms with Crippen LogP contribution in [0.4, 0.5) is 5.69 Å². The molecule has 18 heavy (non-hydrogen) atoms. The van der Waals surface area contributed by atoms with Gasteiger partial charge in [-0.15, -0.1) is 0 Å². The van der Waals surface area contributed by atoms with E-state index in [4.69, 9.17) is 0 Å². The summed E-state index contributed by atoms with van der Waals surface area (Å²) >= 11 is 0. The zero-order chi connectivity index (χ0) is 13.1. The molecule has 2 rings (SSSR count). The molecule has 0 spiro atoms. The quantitative estimate of drug-likeness (QED) is 0.761. The summed E-state index contributed by atoms with van der Waals surface area (Å²) in [5.74, 6) is 0.883. The van der Waals surface area contributed by atoms with Gasteiger partial charge in [-0.3, -0.25) is 4.79 Å². The van der Waals surface area contributed by atoms with E-state index in [1.165, 1.54) is 25.2 Å². The van der Waals surface area contributed by atoms with Crippen LogP contribution in [0.15, 0.2) is 24.3 Å². The van der Waals surface area contributed by atoms with Crippen molar-refractivity contribution in [1.29, 1.82) is 0 Å². The van der Waals surface area contributed by atoms with Gasteiger partial charge in [-0.2, -0.15) is 0 Å². The minimum atomic E-state index is 0.127. The van der Waals surface area contributed by atoms with E-state index in [1.807, 2.05) is 24.3 Å². The van der Waals surface area contributed by atoms with Gasteiger partial charge in [-0.25, -0.2) is 0 Å². The van der Waals surface area contributed by atoms with Crippen molar-refractivity contribution in [3.05, 3.63) is 29.8 Å². The van der Waals surface area contributed by atoms with Gasteiger partial charge in [0.2, 0.25) is 0 Å². The first-order valence-corrected chi connectivity index (χ1v) is 6.57. The van der Waals surface area contributed by atoms with E-state index >= 15 is 0 Å². The summed E-state index contributed by atoms with van der Waals surface area (Å²) in [6.07, 6.45) is 1.28. The normalized spacial score (nSPS) is 20.1. The predicted molar refractivity (Wildman–Crippen MR) is 75.3 cm³/mol. The first-order valence-electron chi connectivity index (χ1n) is 6.57. The topological polar surface area (TPSA) is 23.6 Å². The summed E-state index contributed by atoms with van der Waals surface area (Å²) in [6.45, 7) is 5.09. The Balaban J connectivity index is 1.96. The van der Waals surface area contributed by atoms with Gasteiger partial charge in [0.1, 0.15) is 0 Å². The molecule has 1 aromatic carbocycles. The Labute approximate surface area is 109 Å². The minimum absolute atomic E-state index is 0.127. The van der Waals surface area contributed by atoms with E-state index in [1.54, 1.807) is 6.92 Å². The zero-order valence-corrected chi connectivity index (χ0v) is 11.5. The highest BCUT2D eigenvalue weighted by molar-refractivity contribution is 5.94. The SMILES string of the molecule is CC(=O)c1ccc(N(C)CC2CCN(C)C2)cc1. The van der Waals surface area contributed by atoms with Crippen LogP contribution in [-0.4, -0.2) is 44.4 Å². The molecule has 1 aliphatic rings. The van der Waals surface area contributed by atoms with Crippen LogP contribution in [0.5, 0.6) is 0 Å². The lowest BCUT2D eigenvalue weighted by Gasteiger charge is -2.23. The molecule has 3 heteroatoms. The van der Waals surface area contributed by atoms with Gasteiger partial charge >= 0.3 is 0 Å². The fraction of sp³-hybridized carbons (Fsp3) is 0.533.